The van der Waals surface area contributed by atoms with Gasteiger partial charge in [0.1, 0.15) is 11.3 Å². The van der Waals surface area contributed by atoms with Gasteiger partial charge in [-0.3, -0.25) is 10.4 Å². The van der Waals surface area contributed by atoms with Crippen molar-refractivity contribution in [2.75, 3.05) is 7.05 Å². The van der Waals surface area contributed by atoms with Gasteiger partial charge in [-0.25, -0.2) is 9.59 Å². The van der Waals surface area contributed by atoms with Crippen molar-refractivity contribution < 1.29 is 19.4 Å². The molecule has 0 bridgehead atoms. The summed E-state index contributed by atoms with van der Waals surface area (Å²) in [6.45, 7) is 5.35. The zero-order valence-electron chi connectivity index (χ0n) is 12.2. The molecule has 2 unspecified atom stereocenters. The summed E-state index contributed by atoms with van der Waals surface area (Å²) in [6.07, 6.45) is 0.204. The van der Waals surface area contributed by atoms with Gasteiger partial charge in [0.2, 0.25) is 0 Å². The molecule has 2 atom stereocenters. The molecule has 0 radical (unpaired) electrons. The van der Waals surface area contributed by atoms with E-state index >= 15 is 0 Å². The number of carboxylic acids is 1. The monoisotopic (exact) mass is 283 g/mol. The number of amides is 1. The first-order chi connectivity index (χ1) is 9.14. The van der Waals surface area contributed by atoms with Crippen molar-refractivity contribution in [2.45, 2.75) is 45.3 Å². The molecule has 1 amide bonds. The highest BCUT2D eigenvalue weighted by atomic mass is 16.6. The number of hydrogen-bond acceptors (Lipinski definition) is 5. The minimum absolute atomic E-state index is 0.00297. The lowest BCUT2D eigenvalue weighted by molar-refractivity contribution is -0.129. The smallest absolute Gasteiger partial charge is 0.407 e. The third kappa shape index (κ3) is 4.99. The Bertz CT molecular complexity index is 451. The quantitative estimate of drug-likeness (QED) is 0.663. The van der Waals surface area contributed by atoms with Crippen LogP contribution >= 0.6 is 0 Å². The van der Waals surface area contributed by atoms with Crippen LogP contribution in [0.15, 0.2) is 4.99 Å². The number of carbonyl (C=O) groups excluding carboxylic acids is 1. The number of rotatable bonds is 5. The summed E-state index contributed by atoms with van der Waals surface area (Å²) < 4.78 is 5.14. The number of aliphatic carboxylic acids is 1. The van der Waals surface area contributed by atoms with Crippen molar-refractivity contribution in [3.05, 3.63) is 0 Å². The van der Waals surface area contributed by atoms with E-state index < -0.39 is 23.4 Å². The summed E-state index contributed by atoms with van der Waals surface area (Å²) in [5, 5.41) is 18.7. The van der Waals surface area contributed by atoms with E-state index in [9.17, 15) is 9.59 Å². The molecule has 0 aliphatic heterocycles. The summed E-state index contributed by atoms with van der Waals surface area (Å²) in [7, 11) is 1.56. The molecule has 1 saturated carbocycles. The van der Waals surface area contributed by atoms with Gasteiger partial charge < -0.3 is 15.2 Å². The topological polar surface area (TPSA) is 112 Å². The van der Waals surface area contributed by atoms with E-state index in [2.05, 4.69) is 10.3 Å². The number of aliphatic imine (C=N–C) groups is 1. The Morgan fingerprint density at radius 3 is 2.50 bits per heavy atom. The molecule has 1 aliphatic rings. The minimum Gasteiger partial charge on any atom is -0.477 e. The molecular weight excluding hydrogens is 262 g/mol. The highest BCUT2D eigenvalue weighted by Gasteiger charge is 2.43. The lowest BCUT2D eigenvalue weighted by atomic mass is 10.1. The Hall–Kier alpha value is -1.92. The van der Waals surface area contributed by atoms with E-state index in [1.54, 1.807) is 27.8 Å². The van der Waals surface area contributed by atoms with Crippen LogP contribution < -0.4 is 5.32 Å². The largest absolute Gasteiger partial charge is 0.477 e. The maximum atomic E-state index is 11.6. The molecule has 3 N–H and O–H groups in total. The summed E-state index contributed by atoms with van der Waals surface area (Å²) in [6, 6.07) is -0.0925. The second kappa shape index (κ2) is 6.02. The molecule has 1 aliphatic carbocycles. The standard InChI is InChI=1S/C13H21N3O4/c1-13(2,3)20-12(19)16-10-5-7(10)9(15-4)6-8(14)11(17)18/h7,10,14H,5-6H2,1-4H3,(H,16,19)(H,17,18). The van der Waals surface area contributed by atoms with Gasteiger partial charge in [-0.05, 0) is 27.2 Å². The van der Waals surface area contributed by atoms with Crippen LogP contribution in [0.5, 0.6) is 0 Å². The van der Waals surface area contributed by atoms with E-state index in [1.807, 2.05) is 0 Å². The fourth-order valence-electron chi connectivity index (χ4n) is 1.81. The van der Waals surface area contributed by atoms with E-state index in [-0.39, 0.29) is 18.4 Å². The first-order valence-corrected chi connectivity index (χ1v) is 6.40. The van der Waals surface area contributed by atoms with Crippen LogP contribution in [0.3, 0.4) is 0 Å². The molecule has 1 rings (SSSR count). The first-order valence-electron chi connectivity index (χ1n) is 6.40. The van der Waals surface area contributed by atoms with Crippen molar-refractivity contribution in [2.24, 2.45) is 10.9 Å². The number of hydrogen-bond donors (Lipinski definition) is 3. The molecule has 0 heterocycles. The molecule has 7 nitrogen and oxygen atoms in total. The van der Waals surface area contributed by atoms with Crippen LogP contribution in [0.4, 0.5) is 4.79 Å². The number of carbonyl (C=O) groups is 2. The molecule has 0 spiro atoms. The number of alkyl carbamates (subject to hydrolysis) is 1. The molecule has 1 fully saturated rings. The number of nitrogens with one attached hydrogen (secondary N) is 2. The lowest BCUT2D eigenvalue weighted by Crippen LogP contribution is -2.35. The third-order valence-electron chi connectivity index (χ3n) is 2.82. The molecule has 20 heavy (non-hydrogen) atoms. The predicted molar refractivity (Wildman–Crippen MR) is 74.6 cm³/mol. The molecule has 0 aromatic rings. The summed E-state index contributed by atoms with van der Waals surface area (Å²) in [5.41, 5.74) is -0.325. The molecule has 0 saturated heterocycles. The van der Waals surface area contributed by atoms with Crippen molar-refractivity contribution in [3.8, 4) is 0 Å². The summed E-state index contributed by atoms with van der Waals surface area (Å²) >= 11 is 0. The van der Waals surface area contributed by atoms with Gasteiger partial charge >= 0.3 is 12.1 Å². The lowest BCUT2D eigenvalue weighted by Gasteiger charge is -2.19. The van der Waals surface area contributed by atoms with Crippen molar-refractivity contribution in [1.82, 2.24) is 5.32 Å². The molecule has 0 aromatic carbocycles. The van der Waals surface area contributed by atoms with Crippen LogP contribution in [0.2, 0.25) is 0 Å². The second-order valence-corrected chi connectivity index (χ2v) is 5.77. The average Bonchev–Trinajstić information content (AvgIpc) is 3.01. The van der Waals surface area contributed by atoms with Crippen molar-refractivity contribution in [1.29, 1.82) is 5.41 Å². The van der Waals surface area contributed by atoms with Crippen LogP contribution in [-0.4, -0.2) is 47.3 Å². The van der Waals surface area contributed by atoms with Gasteiger partial charge in [0.15, 0.2) is 0 Å². The van der Waals surface area contributed by atoms with E-state index in [0.717, 1.165) is 0 Å². The predicted octanol–water partition coefficient (Wildman–Crippen LogP) is 1.46. The molecule has 7 heteroatoms. The Morgan fingerprint density at radius 1 is 1.45 bits per heavy atom. The SMILES string of the molecule is CN=C(CC(=N)C(=O)O)C1CC1NC(=O)OC(C)(C)C. The van der Waals surface area contributed by atoms with Crippen LogP contribution in [0, 0.1) is 11.3 Å². The van der Waals surface area contributed by atoms with Gasteiger partial charge in [0.25, 0.3) is 0 Å². The summed E-state index contributed by atoms with van der Waals surface area (Å²) in [4.78, 5) is 26.3. The van der Waals surface area contributed by atoms with E-state index in [0.29, 0.717) is 12.1 Å². The Balaban J connectivity index is 2.47. The second-order valence-electron chi connectivity index (χ2n) is 5.77. The molecule has 0 aromatic heterocycles. The van der Waals surface area contributed by atoms with Gasteiger partial charge in [-0.15, -0.1) is 0 Å². The van der Waals surface area contributed by atoms with Crippen LogP contribution in [-0.2, 0) is 9.53 Å². The first kappa shape index (κ1) is 16.1. The average molecular weight is 283 g/mol. The molecule has 112 valence electrons. The van der Waals surface area contributed by atoms with Crippen LogP contribution in [0.25, 0.3) is 0 Å². The van der Waals surface area contributed by atoms with Gasteiger partial charge in [0.05, 0.1) is 0 Å². The summed E-state index contributed by atoms with van der Waals surface area (Å²) in [5.74, 6) is -1.25. The molecular formula is C13H21N3O4. The maximum absolute atomic E-state index is 11.6. The Morgan fingerprint density at radius 2 is 2.05 bits per heavy atom. The number of ether oxygens (including phenoxy) is 1. The Kier molecular flexibility index (Phi) is 4.86. The van der Waals surface area contributed by atoms with Gasteiger partial charge in [0, 0.05) is 31.1 Å². The normalized spacial score (nSPS) is 22.1. The van der Waals surface area contributed by atoms with Crippen molar-refractivity contribution in [3.63, 3.8) is 0 Å². The third-order valence-corrected chi connectivity index (χ3v) is 2.82. The fourth-order valence-corrected chi connectivity index (χ4v) is 1.81. The maximum Gasteiger partial charge on any atom is 0.407 e. The van der Waals surface area contributed by atoms with Gasteiger partial charge in [-0.1, -0.05) is 0 Å². The van der Waals surface area contributed by atoms with E-state index in [4.69, 9.17) is 15.3 Å². The fraction of sp³-hybridized carbons (Fsp3) is 0.692. The zero-order valence-corrected chi connectivity index (χ0v) is 12.2. The van der Waals surface area contributed by atoms with Crippen LogP contribution in [0.1, 0.15) is 33.6 Å². The van der Waals surface area contributed by atoms with E-state index in [1.165, 1.54) is 0 Å². The minimum atomic E-state index is -1.25. The highest BCUT2D eigenvalue weighted by Crippen LogP contribution is 2.33. The number of carboxylic acid groups (broad SMARTS) is 1. The zero-order chi connectivity index (χ0) is 15.5. The highest BCUT2D eigenvalue weighted by molar-refractivity contribution is 6.38. The Labute approximate surface area is 117 Å². The van der Waals surface area contributed by atoms with Gasteiger partial charge in [-0.2, -0.15) is 0 Å². The number of nitrogens with zero attached hydrogens (tertiary/aromatic N) is 1. The van der Waals surface area contributed by atoms with Crippen molar-refractivity contribution >= 4 is 23.5 Å².